The second kappa shape index (κ2) is 7.92. The van der Waals surface area contributed by atoms with E-state index in [1.807, 2.05) is 72.8 Å². The monoisotopic (exact) mass is 428 g/mol. The molecule has 0 spiro atoms. The van der Waals surface area contributed by atoms with E-state index in [0.717, 1.165) is 44.5 Å². The highest BCUT2D eigenvalue weighted by Gasteiger charge is 2.11. The van der Waals surface area contributed by atoms with E-state index in [9.17, 15) is 0 Å². The number of benzene rings is 4. The molecule has 4 aromatic carbocycles. The van der Waals surface area contributed by atoms with Crippen LogP contribution in [0.25, 0.3) is 57.3 Å². The summed E-state index contributed by atoms with van der Waals surface area (Å²) in [6.07, 6.45) is 4.17. The van der Waals surface area contributed by atoms with Gasteiger partial charge in [-0.2, -0.15) is 0 Å². The van der Waals surface area contributed by atoms with E-state index in [0.29, 0.717) is 11.8 Å². The summed E-state index contributed by atoms with van der Waals surface area (Å²) in [6, 6.07) is 30.1. The van der Waals surface area contributed by atoms with Crippen LogP contribution in [0.5, 0.6) is 0 Å². The van der Waals surface area contributed by atoms with Gasteiger partial charge in [0.1, 0.15) is 11.0 Å². The van der Waals surface area contributed by atoms with E-state index < -0.39 is 0 Å². The zero-order chi connectivity index (χ0) is 22.2. The maximum Gasteiger partial charge on any atom is 0.227 e. The molecule has 0 aliphatic rings. The smallest absolute Gasteiger partial charge is 0.227 e. The van der Waals surface area contributed by atoms with Crippen LogP contribution >= 0.6 is 0 Å². The fourth-order valence-corrected chi connectivity index (χ4v) is 3.91. The Bertz CT molecular complexity index is 1590. The molecule has 6 rings (SSSR count). The van der Waals surface area contributed by atoms with Gasteiger partial charge < -0.3 is 8.83 Å². The average Bonchev–Trinajstić information content (AvgIpc) is 3.47. The maximum atomic E-state index is 5.98. The molecule has 0 aliphatic carbocycles. The van der Waals surface area contributed by atoms with E-state index >= 15 is 0 Å². The minimum atomic E-state index is 0.623. The number of fused-ring (bicyclic) bond motifs is 2. The molecule has 0 aliphatic heterocycles. The van der Waals surface area contributed by atoms with Crippen molar-refractivity contribution in [3.05, 3.63) is 108 Å². The van der Waals surface area contributed by atoms with Gasteiger partial charge in [-0.3, -0.25) is 0 Å². The van der Waals surface area contributed by atoms with Crippen LogP contribution in [-0.4, -0.2) is 9.97 Å². The molecule has 0 atom stereocenters. The summed E-state index contributed by atoms with van der Waals surface area (Å²) in [4.78, 5) is 9.28. The van der Waals surface area contributed by atoms with Gasteiger partial charge in [-0.25, -0.2) is 9.97 Å². The van der Waals surface area contributed by atoms with Crippen molar-refractivity contribution in [2.45, 2.75) is 6.92 Å². The van der Waals surface area contributed by atoms with Crippen LogP contribution in [-0.2, 0) is 0 Å². The molecule has 0 saturated heterocycles. The van der Waals surface area contributed by atoms with Crippen molar-refractivity contribution in [1.82, 2.24) is 9.97 Å². The second-order valence-corrected chi connectivity index (χ2v) is 8.02. The molecular formula is C29H20N2O2. The first-order valence-corrected chi connectivity index (χ1v) is 10.8. The van der Waals surface area contributed by atoms with E-state index in [2.05, 4.69) is 47.2 Å². The van der Waals surface area contributed by atoms with Crippen LogP contribution in [0.3, 0.4) is 0 Å². The molecule has 33 heavy (non-hydrogen) atoms. The van der Waals surface area contributed by atoms with Gasteiger partial charge in [-0.05, 0) is 66.1 Å². The quantitative estimate of drug-likeness (QED) is 0.269. The predicted molar refractivity (Wildman–Crippen MR) is 133 cm³/mol. The van der Waals surface area contributed by atoms with Crippen molar-refractivity contribution in [2.24, 2.45) is 0 Å². The van der Waals surface area contributed by atoms with Gasteiger partial charge in [0.05, 0.1) is 0 Å². The largest absolute Gasteiger partial charge is 0.436 e. The average molecular weight is 428 g/mol. The number of hydrogen-bond acceptors (Lipinski definition) is 4. The summed E-state index contributed by atoms with van der Waals surface area (Å²) < 4.78 is 11.9. The SMILES string of the molecule is Cc1ccc2oc(-c3ccc(C=Cc4ccccc4-c4nc5ccccc5o4)cc3)nc2c1. The Balaban J connectivity index is 1.28. The summed E-state index contributed by atoms with van der Waals surface area (Å²) in [7, 11) is 0. The lowest BCUT2D eigenvalue weighted by atomic mass is 10.1. The predicted octanol–water partition coefficient (Wildman–Crippen LogP) is 7.78. The van der Waals surface area contributed by atoms with Crippen LogP contribution < -0.4 is 0 Å². The van der Waals surface area contributed by atoms with Gasteiger partial charge in [0.15, 0.2) is 11.2 Å². The Morgan fingerprint density at radius 2 is 1.36 bits per heavy atom. The summed E-state index contributed by atoms with van der Waals surface area (Å²) >= 11 is 0. The number of oxazole rings is 2. The van der Waals surface area contributed by atoms with Crippen LogP contribution in [0.4, 0.5) is 0 Å². The molecule has 0 saturated carbocycles. The summed E-state index contributed by atoms with van der Waals surface area (Å²) in [5, 5.41) is 0. The van der Waals surface area contributed by atoms with Gasteiger partial charge in [-0.15, -0.1) is 0 Å². The molecule has 0 N–H and O–H groups in total. The number of hydrogen-bond donors (Lipinski definition) is 0. The maximum absolute atomic E-state index is 5.98. The molecule has 4 nitrogen and oxygen atoms in total. The van der Waals surface area contributed by atoms with Crippen molar-refractivity contribution >= 4 is 34.4 Å². The molecule has 0 bridgehead atoms. The Kier molecular flexibility index (Phi) is 4.62. The molecular weight excluding hydrogens is 408 g/mol. The zero-order valence-corrected chi connectivity index (χ0v) is 18.0. The molecule has 0 unspecified atom stereocenters. The Morgan fingerprint density at radius 1 is 0.636 bits per heavy atom. The van der Waals surface area contributed by atoms with Crippen molar-refractivity contribution in [1.29, 1.82) is 0 Å². The number of aromatic nitrogens is 2. The van der Waals surface area contributed by atoms with Gasteiger partial charge >= 0.3 is 0 Å². The first-order valence-electron chi connectivity index (χ1n) is 10.8. The fraction of sp³-hybridized carbons (Fsp3) is 0.0345. The molecule has 0 fully saturated rings. The van der Waals surface area contributed by atoms with Crippen molar-refractivity contribution < 1.29 is 8.83 Å². The van der Waals surface area contributed by atoms with Gasteiger partial charge in [0.25, 0.3) is 0 Å². The molecule has 158 valence electrons. The third kappa shape index (κ3) is 3.72. The van der Waals surface area contributed by atoms with Crippen molar-refractivity contribution in [2.75, 3.05) is 0 Å². The Morgan fingerprint density at radius 3 is 2.24 bits per heavy atom. The van der Waals surface area contributed by atoms with E-state index in [1.165, 1.54) is 5.56 Å². The highest BCUT2D eigenvalue weighted by atomic mass is 16.4. The fourth-order valence-electron chi connectivity index (χ4n) is 3.91. The normalized spacial score (nSPS) is 11.7. The lowest BCUT2D eigenvalue weighted by molar-refractivity contribution is 0.619. The molecule has 4 heteroatoms. The first-order chi connectivity index (χ1) is 16.2. The molecule has 6 aromatic rings. The molecule has 0 radical (unpaired) electrons. The Labute approximate surface area is 190 Å². The highest BCUT2D eigenvalue weighted by Crippen LogP contribution is 2.29. The second-order valence-electron chi connectivity index (χ2n) is 8.02. The van der Waals surface area contributed by atoms with Crippen LogP contribution in [0.15, 0.2) is 99.8 Å². The summed E-state index contributed by atoms with van der Waals surface area (Å²) in [6.45, 7) is 2.05. The minimum Gasteiger partial charge on any atom is -0.436 e. The topological polar surface area (TPSA) is 52.1 Å². The zero-order valence-electron chi connectivity index (χ0n) is 18.0. The summed E-state index contributed by atoms with van der Waals surface area (Å²) in [5.74, 6) is 1.26. The lowest BCUT2D eigenvalue weighted by Gasteiger charge is -2.02. The third-order valence-electron chi connectivity index (χ3n) is 5.64. The third-order valence-corrected chi connectivity index (χ3v) is 5.64. The van der Waals surface area contributed by atoms with Crippen LogP contribution in [0.2, 0.25) is 0 Å². The molecule has 2 heterocycles. The van der Waals surface area contributed by atoms with Crippen molar-refractivity contribution in [3.8, 4) is 22.9 Å². The number of para-hydroxylation sites is 2. The van der Waals surface area contributed by atoms with Crippen LogP contribution in [0, 0.1) is 6.92 Å². The van der Waals surface area contributed by atoms with Crippen molar-refractivity contribution in [3.63, 3.8) is 0 Å². The van der Waals surface area contributed by atoms with Gasteiger partial charge in [-0.1, -0.05) is 60.7 Å². The first kappa shape index (κ1) is 19.3. The van der Waals surface area contributed by atoms with E-state index in [1.54, 1.807) is 0 Å². The lowest BCUT2D eigenvalue weighted by Crippen LogP contribution is -1.83. The standard InChI is InChI=1S/C29H20N2O2/c1-19-10-17-27-25(18-19)31-28(32-27)22-15-12-20(13-16-22)11-14-21-6-2-3-7-23(21)29-30-24-8-4-5-9-26(24)33-29/h2-18H,1H3. The highest BCUT2D eigenvalue weighted by molar-refractivity contribution is 5.82. The molecule has 2 aromatic heterocycles. The summed E-state index contributed by atoms with van der Waals surface area (Å²) in [5.41, 5.74) is 8.53. The van der Waals surface area contributed by atoms with E-state index in [4.69, 9.17) is 8.83 Å². The molecule has 0 amide bonds. The Hall–Kier alpha value is -4.44. The van der Waals surface area contributed by atoms with E-state index in [-0.39, 0.29) is 0 Å². The number of aryl methyl sites for hydroxylation is 1. The minimum absolute atomic E-state index is 0.623. The van der Waals surface area contributed by atoms with Gasteiger partial charge in [0, 0.05) is 11.1 Å². The van der Waals surface area contributed by atoms with Gasteiger partial charge in [0.2, 0.25) is 11.8 Å². The number of nitrogens with zero attached hydrogens (tertiary/aromatic N) is 2. The number of rotatable bonds is 4. The van der Waals surface area contributed by atoms with Crippen LogP contribution in [0.1, 0.15) is 16.7 Å².